The molecule has 14 nitrogen and oxygen atoms in total. The third kappa shape index (κ3) is 5.75. The van der Waals surface area contributed by atoms with Gasteiger partial charge in [-0.1, -0.05) is 22.6 Å². The first-order valence-corrected chi connectivity index (χ1v) is 13.8. The summed E-state index contributed by atoms with van der Waals surface area (Å²) in [5.74, 6) is -3.72. The van der Waals surface area contributed by atoms with Gasteiger partial charge in [0.15, 0.2) is 10.8 Å². The van der Waals surface area contributed by atoms with Crippen LogP contribution in [0.15, 0.2) is 57.0 Å². The third-order valence-corrected chi connectivity index (χ3v) is 8.73. The first kappa shape index (κ1) is 30.0. The topological polar surface area (TPSA) is 194 Å². The molecule has 0 radical (unpaired) electrons. The van der Waals surface area contributed by atoms with Gasteiger partial charge in [0.2, 0.25) is 6.61 Å². The molecule has 5 heterocycles. The van der Waals surface area contributed by atoms with Gasteiger partial charge >= 0.3 is 41.5 Å². The fraction of sp³-hybridized carbons (Fsp3) is 0.227. The van der Waals surface area contributed by atoms with Gasteiger partial charge in [-0.2, -0.15) is 0 Å². The van der Waals surface area contributed by atoms with Crippen LogP contribution in [-0.4, -0.2) is 107 Å². The number of nitrogens with one attached hydrogen (secondary N) is 1. The van der Waals surface area contributed by atoms with E-state index in [0.29, 0.717) is 15.1 Å². The molecule has 2 amide bonds. The Morgan fingerprint density at radius 1 is 1.30 bits per heavy atom. The van der Waals surface area contributed by atoms with Crippen molar-refractivity contribution in [3.05, 3.63) is 57.5 Å². The number of pyridine rings is 1. The Morgan fingerprint density at radius 2 is 2.08 bits per heavy atom. The molecule has 0 aromatic carbocycles. The van der Waals surface area contributed by atoms with Gasteiger partial charge in [0.05, 0.1) is 6.20 Å². The maximum absolute atomic E-state index is 13.1. The number of aromatic nitrogens is 3. The number of oxime groups is 1. The zero-order chi connectivity index (χ0) is 27.8. The van der Waals surface area contributed by atoms with Crippen molar-refractivity contribution >= 4 is 109 Å². The summed E-state index contributed by atoms with van der Waals surface area (Å²) in [6.45, 7) is -0.549. The second-order valence-electron chi connectivity index (χ2n) is 8.29. The molecule has 5 N–H and O–H groups in total. The Kier molecular flexibility index (Phi) is 9.21. The molecule has 1 saturated heterocycles. The number of carboxylic acids is 2. The minimum atomic E-state index is -1.31. The molecule has 204 valence electrons. The molecule has 3 aromatic rings. The Morgan fingerprint density at radius 3 is 2.75 bits per heavy atom. The molecule has 2 atom stereocenters. The van der Waals surface area contributed by atoms with E-state index in [1.807, 2.05) is 45.8 Å². The van der Waals surface area contributed by atoms with E-state index in [0.717, 1.165) is 17.0 Å². The van der Waals surface area contributed by atoms with Gasteiger partial charge in [0.1, 0.15) is 45.5 Å². The van der Waals surface area contributed by atoms with Crippen LogP contribution in [0.1, 0.15) is 5.69 Å². The molecule has 40 heavy (non-hydrogen) atoms. The van der Waals surface area contributed by atoms with Crippen LogP contribution < -0.4 is 15.5 Å². The zero-order valence-electron chi connectivity index (χ0n) is 19.7. The monoisotopic (exact) mass is 660 g/mol. The Bertz CT molecular complexity index is 1590. The van der Waals surface area contributed by atoms with Crippen LogP contribution in [0.25, 0.3) is 5.65 Å². The molecule has 0 bridgehead atoms. The molecular weight excluding hydrogens is 641 g/mol. The van der Waals surface area contributed by atoms with Gasteiger partial charge in [0, 0.05) is 17.4 Å². The van der Waals surface area contributed by atoms with Crippen LogP contribution >= 0.6 is 39.0 Å². The fourth-order valence-electron chi connectivity index (χ4n) is 4.21. The van der Waals surface area contributed by atoms with Gasteiger partial charge in [-0.15, -0.1) is 11.8 Å². The molecule has 0 spiro atoms. The van der Waals surface area contributed by atoms with Crippen LogP contribution in [0.3, 0.4) is 0 Å². The van der Waals surface area contributed by atoms with Crippen LogP contribution in [0.5, 0.6) is 0 Å². The van der Waals surface area contributed by atoms with Gasteiger partial charge in [0.25, 0.3) is 17.5 Å². The van der Waals surface area contributed by atoms with Crippen molar-refractivity contribution in [2.24, 2.45) is 5.16 Å². The number of carbonyl (C=O) groups is 4. The van der Waals surface area contributed by atoms with Gasteiger partial charge in [-0.05, 0) is 22.0 Å². The molecule has 2 aliphatic heterocycles. The third-order valence-electron chi connectivity index (χ3n) is 5.85. The van der Waals surface area contributed by atoms with Crippen molar-refractivity contribution in [1.82, 2.24) is 19.8 Å². The number of amides is 2. The standard InChI is InChI=1S/C22H18BrN7O7S2.Na.H/c23-17-13(26-22(24)39-17)14(27-37-8-12(31)32)18(33)25-15-19(34)30-16(21(35)36)10(9-38-20(15)30)7-29-6-5-28-4-2-1-3-11(28)29;;/h1-6,15,20H,7-9H2,(H4-,24,25,26,31,32,33,35,36);;/p+1/b27-14-;;/t15-,20-;;/m1../s1. The zero-order valence-corrected chi connectivity index (χ0v) is 22.9. The number of fused-ring (bicyclic) bond motifs is 2. The van der Waals surface area contributed by atoms with Crippen LogP contribution in [0.2, 0.25) is 0 Å². The first-order valence-electron chi connectivity index (χ1n) is 11.2. The summed E-state index contributed by atoms with van der Waals surface area (Å²) in [4.78, 5) is 59.3. The molecule has 0 saturated carbocycles. The normalized spacial score (nSPS) is 18.6. The minimum absolute atomic E-state index is 0. The van der Waals surface area contributed by atoms with Crippen LogP contribution in [0.4, 0.5) is 5.13 Å². The first-order chi connectivity index (χ1) is 18.7. The molecule has 0 unspecified atom stereocenters. The Balaban J connectivity index is 0.00000370. The molecule has 3 aromatic heterocycles. The number of hydrogen-bond donors (Lipinski definition) is 4. The van der Waals surface area contributed by atoms with E-state index in [4.69, 9.17) is 15.7 Å². The predicted octanol–water partition coefficient (Wildman–Crippen LogP) is -0.376. The summed E-state index contributed by atoms with van der Waals surface area (Å²) in [5, 5.41) is 24.4. The number of nitrogen functional groups attached to an aromatic ring is 1. The molecular formula is C22H20BrN7NaO7S2+. The summed E-state index contributed by atoms with van der Waals surface area (Å²) in [6, 6.07) is 4.59. The van der Waals surface area contributed by atoms with E-state index in [1.54, 1.807) is 0 Å². The number of carboxylic acid groups (broad SMARTS) is 2. The number of nitrogens with two attached hydrogens (primary N) is 1. The number of imidazole rings is 1. The molecule has 2 aliphatic rings. The second kappa shape index (κ2) is 12.3. The quantitative estimate of drug-likeness (QED) is 0.0773. The number of halogens is 1. The summed E-state index contributed by atoms with van der Waals surface area (Å²) in [6.07, 6.45) is 5.55. The fourth-order valence-corrected chi connectivity index (χ4v) is 6.88. The maximum atomic E-state index is 13.1. The summed E-state index contributed by atoms with van der Waals surface area (Å²) in [7, 11) is 0. The van der Waals surface area contributed by atoms with Crippen molar-refractivity contribution in [2.75, 3.05) is 18.1 Å². The van der Waals surface area contributed by atoms with Gasteiger partial charge in [-0.3, -0.25) is 14.5 Å². The number of aliphatic carboxylic acids is 2. The number of anilines is 1. The number of carbonyl (C=O) groups excluding carboxylic acids is 2. The number of nitrogens with zero attached hydrogens (tertiary/aromatic N) is 5. The van der Waals surface area contributed by atoms with Gasteiger partial charge in [-0.25, -0.2) is 23.5 Å². The second-order valence-corrected chi connectivity index (χ2v) is 11.7. The average molecular weight is 661 g/mol. The van der Waals surface area contributed by atoms with Crippen molar-refractivity contribution < 1.29 is 38.6 Å². The van der Waals surface area contributed by atoms with E-state index < -0.39 is 47.5 Å². The van der Waals surface area contributed by atoms with Crippen LogP contribution in [0, 0.1) is 0 Å². The number of β-lactam (4-membered cyclic amide) rings is 1. The molecule has 5 rings (SSSR count). The number of rotatable bonds is 9. The summed E-state index contributed by atoms with van der Waals surface area (Å²) < 4.78 is 4.13. The van der Waals surface area contributed by atoms with E-state index in [2.05, 4.69) is 31.4 Å². The summed E-state index contributed by atoms with van der Waals surface area (Å²) in [5.41, 5.74) is 6.60. The van der Waals surface area contributed by atoms with Crippen molar-refractivity contribution in [1.29, 1.82) is 0 Å². The SMILES string of the molecule is Nc1nc(/C(=N/OCC(=O)O)C(=O)N[C@@H]2C(=O)N3C(C(=O)O)=C(Cn4cc[n+]5ccccc45)CS[C@H]23)c(Br)s1.[NaH]. The Hall–Kier alpha value is -2.96. The average Bonchev–Trinajstić information content (AvgIpc) is 3.46. The number of thioether (sulfide) groups is 1. The molecule has 18 heteroatoms. The van der Waals surface area contributed by atoms with E-state index in [9.17, 15) is 24.3 Å². The van der Waals surface area contributed by atoms with E-state index in [1.165, 1.54) is 16.7 Å². The van der Waals surface area contributed by atoms with Crippen molar-refractivity contribution in [2.45, 2.75) is 18.0 Å². The predicted molar refractivity (Wildman–Crippen MR) is 149 cm³/mol. The van der Waals surface area contributed by atoms with Crippen molar-refractivity contribution in [3.8, 4) is 0 Å². The van der Waals surface area contributed by atoms with Crippen molar-refractivity contribution in [3.63, 3.8) is 0 Å². The van der Waals surface area contributed by atoms with Gasteiger partial charge < -0.3 is 26.1 Å². The van der Waals surface area contributed by atoms with E-state index >= 15 is 0 Å². The summed E-state index contributed by atoms with van der Waals surface area (Å²) >= 11 is 5.56. The Labute approximate surface area is 264 Å². The molecule has 1 fully saturated rings. The molecule has 0 aliphatic carbocycles. The van der Waals surface area contributed by atoms with Crippen LogP contribution in [-0.2, 0) is 30.6 Å². The number of hydrogen-bond acceptors (Lipinski definition) is 10. The van der Waals surface area contributed by atoms with E-state index in [-0.39, 0.29) is 52.6 Å². The number of thiazole rings is 1.